The Morgan fingerprint density at radius 1 is 0.254 bits per heavy atom. The van der Waals surface area contributed by atoms with Gasteiger partial charge in [0.15, 0.2) is 0 Å². The van der Waals surface area contributed by atoms with E-state index < -0.39 is 0 Å². The van der Waals surface area contributed by atoms with E-state index in [1.165, 1.54) is 89.0 Å². The zero-order chi connectivity index (χ0) is 96.3. The Balaban J connectivity index is -0.000000204. The van der Waals surface area contributed by atoms with E-state index in [4.69, 9.17) is 37.9 Å². The maximum atomic E-state index is 11.4. The summed E-state index contributed by atoms with van der Waals surface area (Å²) >= 11 is 0. The van der Waals surface area contributed by atoms with Gasteiger partial charge in [-0.05, 0) is 162 Å². The highest BCUT2D eigenvalue weighted by atomic mass is 16.6. The maximum absolute atomic E-state index is 11.4. The Kier molecular flexibility index (Phi) is 83.6. The molecule has 6 unspecified atom stereocenters. The van der Waals surface area contributed by atoms with E-state index in [-0.39, 0.29) is 47.8 Å². The van der Waals surface area contributed by atoms with Crippen molar-refractivity contribution in [2.24, 2.45) is 0 Å². The molecule has 0 saturated heterocycles. The van der Waals surface area contributed by atoms with Gasteiger partial charge in [0.2, 0.25) is 0 Å². The molecule has 716 valence electrons. The normalized spacial score (nSPS) is 13.3. The predicted octanol–water partition coefficient (Wildman–Crippen LogP) is 16.6. The Bertz CT molecular complexity index is 2850. The first-order valence-electron chi connectivity index (χ1n) is 46.3. The van der Waals surface area contributed by atoms with Gasteiger partial charge in [0, 0.05) is 46.6 Å². The third-order valence-electron chi connectivity index (χ3n) is 23.2. The molecule has 0 aromatic rings. The quantitative estimate of drug-likeness (QED) is 0.0240. The van der Waals surface area contributed by atoms with Crippen LogP contribution >= 0.6 is 0 Å². The SMILES string of the molecule is C=C(C)C(=O)OCC[N+](C)(C)C.C=C(C)C(=O)OCC[N+](CC)(CC)CC.C=C(C)C(=O)OCC[N+](CC)(CCC)C(C)CC.C=C(C)C(=O)OCC[N+](CC)(CCC)CCCC.C=CC(=O)OCC[N+](C)(C)C.C=CC(=O)OCC[N+](CC)(CC)CC.C=CC(=O)OCC[N+](CC)(CCC)C(C)CC.C=CC(=O)OCC[N+](CC)(CCC)CCCC. The second-order valence-electron chi connectivity index (χ2n) is 34.1. The molecule has 0 aliphatic rings. The molecule has 0 spiro atoms. The Morgan fingerprint density at radius 3 is 0.631 bits per heavy atom. The van der Waals surface area contributed by atoms with Crippen LogP contribution in [0.15, 0.2) is 99.2 Å². The topological polar surface area (TPSA) is 210 Å². The van der Waals surface area contributed by atoms with Gasteiger partial charge in [-0.1, -0.05) is 121 Å². The molecule has 0 N–H and O–H groups in total. The average molecular weight is 1740 g/mol. The van der Waals surface area contributed by atoms with E-state index >= 15 is 0 Å². The van der Waals surface area contributed by atoms with Gasteiger partial charge in [-0.25, -0.2) is 38.4 Å². The van der Waals surface area contributed by atoms with Crippen molar-refractivity contribution in [3.63, 3.8) is 0 Å². The fourth-order valence-electron chi connectivity index (χ4n) is 13.4. The molecule has 0 rings (SSSR count). The van der Waals surface area contributed by atoms with Crippen molar-refractivity contribution < 1.29 is 112 Å². The minimum atomic E-state index is -0.349. The largest absolute Gasteiger partial charge is 0.457 e. The number of rotatable bonds is 60. The van der Waals surface area contributed by atoms with Crippen molar-refractivity contribution in [3.05, 3.63) is 99.2 Å². The molecule has 0 heterocycles. The standard InChI is InChI=1S/2C15H30NO2.2C14H28NO2.C12H24NO2.C11H22NO2.C9H18NO2.C8H16NO2/c1-7-10-16(9-3,14(6)8-2)11-12-18-15(17)13(4)5;1-6-9-11-16(8-3,10-7-2)12-13-18-15(17)14(4)5;1-6-10-15(9-4,13(5)7-2)11-12-17-14(16)8-3;1-5-9-11-15(8-4,10-6-2)12-13-17-14(16)7-3;1-6-13(7-2,8-3)9-10-15-12(14)11(4)5;1-5-11(13)14-10-9-12(6-2,7-3)8-4;1-8(2)9(11)12-7-6-10(3,4)5;1-5-8(10)11-7-6-9(2,3)4/h14H,4,7-12H2,1-3,5-6H3;4,6-13H2,1-3,5H3;8,13H,3,6-7,9-12H2,1-2,4-5H3;7H,3,5-6,8-13H2,1-2,4H3;4,6-10H2,1-3,5H3;5H,1,6-10H2,2-4H3;1,6-7H2,2-5H3;5H,1,6-7H2,2-4H3/q8*+1. The van der Waals surface area contributed by atoms with Gasteiger partial charge < -0.3 is 73.8 Å². The van der Waals surface area contributed by atoms with Crippen LogP contribution < -0.4 is 0 Å². The fourth-order valence-corrected chi connectivity index (χ4v) is 13.4. The summed E-state index contributed by atoms with van der Waals surface area (Å²) in [4.78, 5) is 88.2. The average Bonchev–Trinajstić information content (AvgIpc) is 0.848. The number of carbonyl (C=O) groups excluding carboxylic acids is 8. The summed E-state index contributed by atoms with van der Waals surface area (Å²) in [6, 6.07) is 1.22. The van der Waals surface area contributed by atoms with Gasteiger partial charge in [0.25, 0.3) is 0 Å². The molecule has 0 saturated carbocycles. The van der Waals surface area contributed by atoms with Crippen molar-refractivity contribution in [3.8, 4) is 0 Å². The van der Waals surface area contributed by atoms with E-state index in [0.29, 0.717) is 87.2 Å². The third kappa shape index (κ3) is 67.7. The maximum Gasteiger partial charge on any atom is 0.333 e. The van der Waals surface area contributed by atoms with Crippen molar-refractivity contribution in [2.45, 2.75) is 242 Å². The number of quaternary nitrogens is 8. The number of carbonyl (C=O) groups is 8. The lowest BCUT2D eigenvalue weighted by molar-refractivity contribution is -0.948. The molecular weight excluding hydrogens is 1550 g/mol. The summed E-state index contributed by atoms with van der Waals surface area (Å²) in [5, 5.41) is 0. The summed E-state index contributed by atoms with van der Waals surface area (Å²) in [7, 11) is 12.3. The first kappa shape index (κ1) is 131. The van der Waals surface area contributed by atoms with E-state index in [9.17, 15) is 38.4 Å². The molecule has 0 bridgehead atoms. The molecule has 0 amide bonds. The molecule has 0 radical (unpaired) electrons. The van der Waals surface area contributed by atoms with E-state index in [2.05, 4.69) is 212 Å². The van der Waals surface area contributed by atoms with E-state index in [0.717, 1.165) is 192 Å². The highest BCUT2D eigenvalue weighted by Crippen LogP contribution is 2.20. The van der Waals surface area contributed by atoms with E-state index in [1.807, 2.05) is 21.1 Å². The second-order valence-corrected chi connectivity index (χ2v) is 34.1. The first-order valence-corrected chi connectivity index (χ1v) is 46.3. The predicted molar refractivity (Wildman–Crippen MR) is 509 cm³/mol. The Hall–Kier alpha value is -6.64. The van der Waals surface area contributed by atoms with Gasteiger partial charge in [-0.15, -0.1) is 0 Å². The molecule has 24 nitrogen and oxygen atoms in total. The van der Waals surface area contributed by atoms with Crippen molar-refractivity contribution in [1.29, 1.82) is 0 Å². The molecule has 6 atom stereocenters. The smallest absolute Gasteiger partial charge is 0.333 e. The number of nitrogens with zero attached hydrogens (tertiary/aromatic N) is 8. The zero-order valence-electron chi connectivity index (χ0n) is 84.9. The van der Waals surface area contributed by atoms with Crippen LogP contribution in [-0.2, 0) is 76.3 Å². The van der Waals surface area contributed by atoms with Crippen LogP contribution in [0.5, 0.6) is 0 Å². The molecule has 0 aliphatic heterocycles. The van der Waals surface area contributed by atoms with Crippen LogP contribution in [0.3, 0.4) is 0 Å². The number of esters is 8. The van der Waals surface area contributed by atoms with Crippen molar-refractivity contribution >= 4 is 47.8 Å². The molecular formula is C98H196N8O16+8. The van der Waals surface area contributed by atoms with Crippen LogP contribution in [-0.4, -0.2) is 348 Å². The Labute approximate surface area is 750 Å². The van der Waals surface area contributed by atoms with Crippen LogP contribution in [0.1, 0.15) is 230 Å². The monoisotopic (exact) mass is 1740 g/mol. The second kappa shape index (κ2) is 77.9. The highest BCUT2D eigenvalue weighted by Gasteiger charge is 2.33. The number of hydrogen-bond acceptors (Lipinski definition) is 16. The van der Waals surface area contributed by atoms with Gasteiger partial charge in [0.05, 0.1) is 159 Å². The summed E-state index contributed by atoms with van der Waals surface area (Å²) in [5.74, 6) is -2.43. The summed E-state index contributed by atoms with van der Waals surface area (Å²) in [6.45, 7) is 107. The fraction of sp³-hybridized carbons (Fsp3) is 0.755. The third-order valence-corrected chi connectivity index (χ3v) is 23.2. The van der Waals surface area contributed by atoms with Crippen LogP contribution in [0, 0.1) is 0 Å². The van der Waals surface area contributed by atoms with Crippen LogP contribution in [0.25, 0.3) is 0 Å². The number of ether oxygens (including phenoxy) is 8. The molecule has 0 aliphatic carbocycles. The summed E-state index contributed by atoms with van der Waals surface area (Å²) in [5.41, 5.74) is 1.88. The van der Waals surface area contributed by atoms with Crippen molar-refractivity contribution in [2.75, 3.05) is 252 Å². The lowest BCUT2D eigenvalue weighted by Crippen LogP contribution is -2.56. The molecule has 24 heteroatoms. The summed E-state index contributed by atoms with van der Waals surface area (Å²) in [6.07, 6.45) is 16.7. The number of hydrogen-bond donors (Lipinski definition) is 0. The van der Waals surface area contributed by atoms with E-state index in [1.54, 1.807) is 27.7 Å². The molecule has 122 heavy (non-hydrogen) atoms. The first-order chi connectivity index (χ1) is 57.1. The minimum absolute atomic E-state index is 0.267. The molecule has 0 aromatic carbocycles. The van der Waals surface area contributed by atoms with Gasteiger partial charge >= 0.3 is 47.8 Å². The van der Waals surface area contributed by atoms with Crippen molar-refractivity contribution in [1.82, 2.24) is 0 Å². The lowest BCUT2D eigenvalue weighted by Gasteiger charge is -2.42. The van der Waals surface area contributed by atoms with Gasteiger partial charge in [-0.2, -0.15) is 0 Å². The van der Waals surface area contributed by atoms with Crippen LogP contribution in [0.4, 0.5) is 0 Å². The molecule has 0 fully saturated rings. The van der Waals surface area contributed by atoms with Crippen LogP contribution in [0.2, 0.25) is 0 Å². The zero-order valence-corrected chi connectivity index (χ0v) is 84.9. The van der Waals surface area contributed by atoms with Gasteiger partial charge in [0.1, 0.15) is 105 Å². The Morgan fingerprint density at radius 2 is 0.451 bits per heavy atom. The van der Waals surface area contributed by atoms with Gasteiger partial charge in [-0.3, -0.25) is 0 Å². The highest BCUT2D eigenvalue weighted by molar-refractivity contribution is 5.88. The number of likely N-dealkylation sites (N-methyl/N-ethyl adjacent to an activating group) is 8. The summed E-state index contributed by atoms with van der Waals surface area (Å²) < 4.78 is 48.3. The lowest BCUT2D eigenvalue weighted by atomic mass is 10.1. The number of unbranched alkanes of at least 4 members (excludes halogenated alkanes) is 2. The molecule has 0 aromatic heterocycles. The minimum Gasteiger partial charge on any atom is -0.457 e.